The predicted molar refractivity (Wildman–Crippen MR) is 91.9 cm³/mol. The number of halogens is 1. The first kappa shape index (κ1) is 16.6. The highest BCUT2D eigenvalue weighted by Crippen LogP contribution is 2.33. The lowest BCUT2D eigenvalue weighted by molar-refractivity contribution is -0.384. The first-order chi connectivity index (χ1) is 11.9. The fourth-order valence-corrected chi connectivity index (χ4v) is 2.58. The molecule has 0 unspecified atom stereocenters. The molecule has 0 saturated heterocycles. The third kappa shape index (κ3) is 3.06. The Morgan fingerprint density at radius 1 is 1.20 bits per heavy atom. The molecule has 0 spiro atoms. The van der Waals surface area contributed by atoms with Crippen molar-refractivity contribution in [3.63, 3.8) is 0 Å². The summed E-state index contributed by atoms with van der Waals surface area (Å²) >= 11 is 0. The number of hydrogen-bond donors (Lipinski definition) is 0. The van der Waals surface area contributed by atoms with Crippen molar-refractivity contribution in [3.05, 3.63) is 58.2 Å². The molecule has 0 bridgehead atoms. The number of nitro groups is 1. The van der Waals surface area contributed by atoms with Gasteiger partial charge >= 0.3 is 0 Å². The molecule has 0 aliphatic heterocycles. The molecule has 0 aliphatic rings. The Labute approximate surface area is 142 Å². The van der Waals surface area contributed by atoms with E-state index in [9.17, 15) is 14.5 Å². The molecule has 1 heterocycles. The van der Waals surface area contributed by atoms with Gasteiger partial charge in [0.15, 0.2) is 5.82 Å². The van der Waals surface area contributed by atoms with E-state index >= 15 is 0 Å². The van der Waals surface area contributed by atoms with Crippen LogP contribution in [0.3, 0.4) is 0 Å². The summed E-state index contributed by atoms with van der Waals surface area (Å²) in [5, 5.41) is 11.5. The Morgan fingerprint density at radius 3 is 2.60 bits per heavy atom. The zero-order valence-electron chi connectivity index (χ0n) is 13.9. The second-order valence-corrected chi connectivity index (χ2v) is 5.43. The van der Waals surface area contributed by atoms with Gasteiger partial charge in [0.1, 0.15) is 17.4 Å². The monoisotopic (exact) mass is 342 g/mol. The number of fused-ring (bicyclic) bond motifs is 1. The average Bonchev–Trinajstić information content (AvgIpc) is 2.59. The molecule has 0 aliphatic carbocycles. The fraction of sp³-hybridized carbons (Fsp3) is 0.176. The van der Waals surface area contributed by atoms with E-state index in [4.69, 9.17) is 4.74 Å². The van der Waals surface area contributed by atoms with Crippen molar-refractivity contribution in [3.8, 4) is 5.75 Å². The summed E-state index contributed by atoms with van der Waals surface area (Å²) in [4.78, 5) is 20.8. The van der Waals surface area contributed by atoms with Crippen LogP contribution in [0.4, 0.5) is 21.6 Å². The quantitative estimate of drug-likeness (QED) is 0.530. The lowest BCUT2D eigenvalue weighted by Gasteiger charge is -2.21. The molecule has 0 radical (unpaired) electrons. The van der Waals surface area contributed by atoms with E-state index in [0.717, 1.165) is 0 Å². The highest BCUT2D eigenvalue weighted by molar-refractivity contribution is 5.93. The van der Waals surface area contributed by atoms with E-state index in [-0.39, 0.29) is 11.4 Å². The number of anilines is 2. The lowest BCUT2D eigenvalue weighted by Crippen LogP contribution is -2.14. The Hall–Kier alpha value is -3.29. The molecule has 3 rings (SSSR count). The summed E-state index contributed by atoms with van der Waals surface area (Å²) in [6, 6.07) is 8.80. The normalized spacial score (nSPS) is 10.7. The molecule has 0 fully saturated rings. The fourth-order valence-electron chi connectivity index (χ4n) is 2.58. The van der Waals surface area contributed by atoms with Crippen LogP contribution in [0.2, 0.25) is 0 Å². The summed E-state index contributed by atoms with van der Waals surface area (Å²) in [7, 11) is 3.10. The van der Waals surface area contributed by atoms with Gasteiger partial charge < -0.3 is 9.64 Å². The summed E-state index contributed by atoms with van der Waals surface area (Å²) in [5.41, 5.74) is 0.741. The van der Waals surface area contributed by atoms with Gasteiger partial charge in [0.2, 0.25) is 0 Å². The number of nitrogens with zero attached hydrogens (tertiary/aromatic N) is 4. The molecule has 0 amide bonds. The number of non-ortho nitro benzene ring substituents is 1. The van der Waals surface area contributed by atoms with Gasteiger partial charge in [-0.3, -0.25) is 10.1 Å². The van der Waals surface area contributed by atoms with Crippen LogP contribution in [0.1, 0.15) is 5.82 Å². The lowest BCUT2D eigenvalue weighted by atomic mass is 10.2. The average molecular weight is 342 g/mol. The maximum absolute atomic E-state index is 14.4. The van der Waals surface area contributed by atoms with Gasteiger partial charge in [-0.25, -0.2) is 14.4 Å². The SMILES string of the molecule is COc1ccc(N(C)c2nc(C)nc3ccc([N+](=O)[O-])cc23)c(F)c1. The third-order valence-electron chi connectivity index (χ3n) is 3.82. The first-order valence-corrected chi connectivity index (χ1v) is 7.41. The van der Waals surface area contributed by atoms with Gasteiger partial charge in [-0.15, -0.1) is 0 Å². The number of nitro benzene ring substituents is 1. The van der Waals surface area contributed by atoms with E-state index in [2.05, 4.69) is 9.97 Å². The van der Waals surface area contributed by atoms with Gasteiger partial charge in [0, 0.05) is 25.2 Å². The van der Waals surface area contributed by atoms with Crippen LogP contribution in [-0.2, 0) is 0 Å². The minimum Gasteiger partial charge on any atom is -0.497 e. The van der Waals surface area contributed by atoms with Crippen molar-refractivity contribution >= 4 is 28.1 Å². The zero-order valence-corrected chi connectivity index (χ0v) is 13.9. The Bertz CT molecular complexity index is 978. The van der Waals surface area contributed by atoms with Crippen molar-refractivity contribution in [1.29, 1.82) is 0 Å². The van der Waals surface area contributed by atoms with Crippen LogP contribution < -0.4 is 9.64 Å². The predicted octanol–water partition coefficient (Wildman–Crippen LogP) is 3.76. The largest absolute Gasteiger partial charge is 0.497 e. The van der Waals surface area contributed by atoms with E-state index in [0.29, 0.717) is 28.3 Å². The summed E-state index contributed by atoms with van der Waals surface area (Å²) < 4.78 is 19.4. The van der Waals surface area contributed by atoms with Crippen molar-refractivity contribution in [1.82, 2.24) is 9.97 Å². The number of hydrogen-bond acceptors (Lipinski definition) is 6. The van der Waals surface area contributed by atoms with Crippen molar-refractivity contribution in [2.24, 2.45) is 0 Å². The molecule has 0 N–H and O–H groups in total. The molecule has 128 valence electrons. The minimum absolute atomic E-state index is 0.0789. The van der Waals surface area contributed by atoms with Crippen LogP contribution in [0.5, 0.6) is 5.75 Å². The van der Waals surface area contributed by atoms with Gasteiger partial charge in [0.05, 0.1) is 28.6 Å². The standard InChI is InChI=1S/C17H15FN4O3/c1-10-19-15-6-4-11(22(23)24)8-13(15)17(20-10)21(2)16-7-5-12(25-3)9-14(16)18/h4-9H,1-3H3. The summed E-state index contributed by atoms with van der Waals surface area (Å²) in [5.74, 6) is 0.776. The number of ether oxygens (including phenoxy) is 1. The highest BCUT2D eigenvalue weighted by Gasteiger charge is 2.18. The number of methoxy groups -OCH3 is 1. The van der Waals surface area contributed by atoms with Gasteiger partial charge in [-0.05, 0) is 25.1 Å². The molecular formula is C17H15FN4O3. The van der Waals surface area contributed by atoms with Crippen LogP contribution in [0.15, 0.2) is 36.4 Å². The van der Waals surface area contributed by atoms with Crippen molar-refractivity contribution in [2.45, 2.75) is 6.92 Å². The summed E-state index contributed by atoms with van der Waals surface area (Å²) in [6.07, 6.45) is 0. The Morgan fingerprint density at radius 2 is 1.96 bits per heavy atom. The maximum Gasteiger partial charge on any atom is 0.270 e. The van der Waals surface area contributed by atoms with Crippen LogP contribution in [-0.4, -0.2) is 29.0 Å². The van der Waals surface area contributed by atoms with Gasteiger partial charge in [-0.2, -0.15) is 0 Å². The topological polar surface area (TPSA) is 81.4 Å². The smallest absolute Gasteiger partial charge is 0.270 e. The second kappa shape index (κ2) is 6.31. The van der Waals surface area contributed by atoms with Crippen LogP contribution >= 0.6 is 0 Å². The number of benzene rings is 2. The third-order valence-corrected chi connectivity index (χ3v) is 3.82. The molecule has 0 saturated carbocycles. The molecule has 25 heavy (non-hydrogen) atoms. The van der Waals surface area contributed by atoms with E-state index in [1.807, 2.05) is 0 Å². The number of rotatable bonds is 4. The minimum atomic E-state index is -0.489. The van der Waals surface area contributed by atoms with Crippen molar-refractivity contribution in [2.75, 3.05) is 19.1 Å². The number of aryl methyl sites for hydroxylation is 1. The highest BCUT2D eigenvalue weighted by atomic mass is 19.1. The molecule has 2 aromatic carbocycles. The summed E-state index contributed by atoms with van der Waals surface area (Å²) in [6.45, 7) is 1.71. The Balaban J connectivity index is 2.19. The van der Waals surface area contributed by atoms with E-state index < -0.39 is 10.7 Å². The molecule has 7 nitrogen and oxygen atoms in total. The molecule has 1 aromatic heterocycles. The van der Waals surface area contributed by atoms with Crippen LogP contribution in [0, 0.1) is 22.9 Å². The second-order valence-electron chi connectivity index (χ2n) is 5.43. The molecular weight excluding hydrogens is 327 g/mol. The Kier molecular flexibility index (Phi) is 4.18. The van der Waals surface area contributed by atoms with E-state index in [1.165, 1.54) is 30.2 Å². The maximum atomic E-state index is 14.4. The van der Waals surface area contributed by atoms with Gasteiger partial charge in [-0.1, -0.05) is 0 Å². The van der Waals surface area contributed by atoms with Gasteiger partial charge in [0.25, 0.3) is 5.69 Å². The molecule has 0 atom stereocenters. The number of aromatic nitrogens is 2. The van der Waals surface area contributed by atoms with Crippen molar-refractivity contribution < 1.29 is 14.1 Å². The van der Waals surface area contributed by atoms with Crippen LogP contribution in [0.25, 0.3) is 10.9 Å². The zero-order chi connectivity index (χ0) is 18.1. The first-order valence-electron chi connectivity index (χ1n) is 7.41. The molecule has 3 aromatic rings. The van der Waals surface area contributed by atoms with E-state index in [1.54, 1.807) is 32.2 Å². The molecule has 8 heteroatoms.